The number of nitrogens with one attached hydrogen (secondary N) is 1. The first kappa shape index (κ1) is 20.0. The predicted octanol–water partition coefficient (Wildman–Crippen LogP) is 3.01. The summed E-state index contributed by atoms with van der Waals surface area (Å²) >= 11 is 0. The summed E-state index contributed by atoms with van der Waals surface area (Å²) in [4.78, 5) is 29.1. The van der Waals surface area contributed by atoms with Gasteiger partial charge in [-0.15, -0.1) is 5.10 Å². The van der Waals surface area contributed by atoms with Crippen molar-refractivity contribution >= 4 is 17.7 Å². The first-order valence-corrected chi connectivity index (χ1v) is 10.1. The zero-order valence-electron chi connectivity index (χ0n) is 16.8. The summed E-state index contributed by atoms with van der Waals surface area (Å²) in [5.74, 6) is -2.49. The fraction of sp³-hybridized carbons (Fsp3) is 0.273. The summed E-state index contributed by atoms with van der Waals surface area (Å²) in [5, 5.41) is 25.8. The van der Waals surface area contributed by atoms with Crippen molar-refractivity contribution in [3.8, 4) is 17.2 Å². The summed E-state index contributed by atoms with van der Waals surface area (Å²) in [5.41, 5.74) is 0.510. The van der Waals surface area contributed by atoms with E-state index in [4.69, 9.17) is 4.74 Å². The van der Waals surface area contributed by atoms with Crippen molar-refractivity contribution in [1.29, 1.82) is 0 Å². The number of phenolic OH excluding ortho intramolecular Hbond substituents is 2. The van der Waals surface area contributed by atoms with Crippen LogP contribution in [-0.2, 0) is 15.1 Å². The van der Waals surface area contributed by atoms with E-state index in [-0.39, 0.29) is 29.3 Å². The molecule has 0 atom stereocenters. The minimum absolute atomic E-state index is 0.0734. The molecule has 0 radical (unpaired) electrons. The largest absolute Gasteiger partial charge is 0.504 e. The number of amides is 1. The summed E-state index contributed by atoms with van der Waals surface area (Å²) in [6, 6.07) is 4.98. The Labute approximate surface area is 181 Å². The maximum Gasteiger partial charge on any atom is 0.339 e. The second-order valence-corrected chi connectivity index (χ2v) is 8.01. The first-order valence-electron chi connectivity index (χ1n) is 10.1. The fourth-order valence-electron chi connectivity index (χ4n) is 4.41. The second kappa shape index (κ2) is 7.33. The number of anilines is 1. The number of phenols is 2. The number of esters is 1. The molecule has 32 heavy (non-hydrogen) atoms. The average molecular weight is 438 g/mol. The van der Waals surface area contributed by atoms with E-state index in [9.17, 15) is 24.2 Å². The molecule has 1 aliphatic heterocycles. The van der Waals surface area contributed by atoms with Crippen LogP contribution in [0.25, 0.3) is 5.69 Å². The number of ether oxygens (including phenoxy) is 1. The van der Waals surface area contributed by atoms with Crippen molar-refractivity contribution in [2.24, 2.45) is 5.92 Å². The van der Waals surface area contributed by atoms with Crippen molar-refractivity contribution in [2.45, 2.75) is 31.3 Å². The number of pyridine rings is 1. The number of halogens is 1. The zero-order chi connectivity index (χ0) is 22.5. The molecule has 3 aromatic rings. The number of aromatic nitrogens is 3. The molecular formula is C22H19FN4O5. The van der Waals surface area contributed by atoms with Crippen molar-refractivity contribution in [3.63, 3.8) is 0 Å². The van der Waals surface area contributed by atoms with Crippen molar-refractivity contribution in [1.82, 2.24) is 14.8 Å². The van der Waals surface area contributed by atoms with Gasteiger partial charge in [0.2, 0.25) is 5.91 Å². The smallest absolute Gasteiger partial charge is 0.339 e. The topological polar surface area (TPSA) is 127 Å². The normalized spacial score (nSPS) is 21.9. The third-order valence-corrected chi connectivity index (χ3v) is 6.12. The molecule has 9 nitrogen and oxygen atoms in total. The minimum Gasteiger partial charge on any atom is -0.504 e. The maximum atomic E-state index is 14.1. The maximum absolute atomic E-state index is 14.1. The van der Waals surface area contributed by atoms with Gasteiger partial charge < -0.3 is 20.3 Å². The third-order valence-electron chi connectivity index (χ3n) is 6.12. The molecule has 2 aromatic heterocycles. The monoisotopic (exact) mass is 438 g/mol. The van der Waals surface area contributed by atoms with E-state index in [1.807, 2.05) is 0 Å². The van der Waals surface area contributed by atoms with E-state index in [2.05, 4.69) is 15.4 Å². The SMILES string of the molecule is O=C1O[C@]2(CC[C@@H](C(=O)Nc3ccn(-c4cc(O)c(O)cc4F)n3)CC2)c2cnccc21. The molecule has 1 spiro atoms. The van der Waals surface area contributed by atoms with Gasteiger partial charge in [-0.05, 0) is 31.7 Å². The van der Waals surface area contributed by atoms with Gasteiger partial charge in [0.25, 0.3) is 0 Å². The fourth-order valence-corrected chi connectivity index (χ4v) is 4.41. The third kappa shape index (κ3) is 3.24. The highest BCUT2D eigenvalue weighted by molar-refractivity contribution is 5.95. The van der Waals surface area contributed by atoms with Gasteiger partial charge in [-0.3, -0.25) is 9.78 Å². The Kier molecular flexibility index (Phi) is 4.58. The quantitative estimate of drug-likeness (QED) is 0.424. The van der Waals surface area contributed by atoms with E-state index in [0.717, 1.165) is 22.4 Å². The number of nitrogens with zero attached hydrogens (tertiary/aromatic N) is 3. The van der Waals surface area contributed by atoms with Crippen LogP contribution in [0.1, 0.15) is 41.6 Å². The molecule has 2 aliphatic rings. The van der Waals surface area contributed by atoms with Crippen LogP contribution in [-0.4, -0.2) is 36.9 Å². The second-order valence-electron chi connectivity index (χ2n) is 8.01. The number of carbonyl (C=O) groups is 2. The van der Waals surface area contributed by atoms with Crippen molar-refractivity contribution in [3.05, 3.63) is 59.8 Å². The Morgan fingerprint density at radius 1 is 1.22 bits per heavy atom. The van der Waals surface area contributed by atoms with Gasteiger partial charge in [0, 0.05) is 48.3 Å². The number of benzene rings is 1. The summed E-state index contributed by atoms with van der Waals surface area (Å²) in [7, 11) is 0. The number of hydrogen-bond donors (Lipinski definition) is 3. The van der Waals surface area contributed by atoms with Crippen LogP contribution >= 0.6 is 0 Å². The number of rotatable bonds is 3. The van der Waals surface area contributed by atoms with Crippen LogP contribution in [0.3, 0.4) is 0 Å². The van der Waals surface area contributed by atoms with Crippen LogP contribution in [0.15, 0.2) is 42.9 Å². The van der Waals surface area contributed by atoms with Crippen LogP contribution in [0.5, 0.6) is 11.5 Å². The Morgan fingerprint density at radius 3 is 2.75 bits per heavy atom. The summed E-state index contributed by atoms with van der Waals surface area (Å²) < 4.78 is 20.9. The lowest BCUT2D eigenvalue weighted by molar-refractivity contribution is -0.122. The van der Waals surface area contributed by atoms with Crippen molar-refractivity contribution < 1.29 is 28.9 Å². The first-order chi connectivity index (χ1) is 15.4. The number of hydrogen-bond acceptors (Lipinski definition) is 7. The molecule has 0 saturated heterocycles. The molecule has 0 unspecified atom stereocenters. The Bertz CT molecular complexity index is 1230. The lowest BCUT2D eigenvalue weighted by Gasteiger charge is -2.35. The van der Waals surface area contributed by atoms with Crippen molar-refractivity contribution in [2.75, 3.05) is 5.32 Å². The molecule has 3 heterocycles. The van der Waals surface area contributed by atoms with Crippen LogP contribution < -0.4 is 5.32 Å². The number of carbonyl (C=O) groups excluding carboxylic acids is 2. The van der Waals surface area contributed by atoms with E-state index < -0.39 is 22.9 Å². The van der Waals surface area contributed by atoms with E-state index in [1.54, 1.807) is 18.5 Å². The highest BCUT2D eigenvalue weighted by Gasteiger charge is 2.48. The van der Waals surface area contributed by atoms with Crippen LogP contribution in [0, 0.1) is 11.7 Å². The number of aromatic hydroxyl groups is 2. The molecule has 10 heteroatoms. The molecule has 1 amide bonds. The van der Waals surface area contributed by atoms with Crippen LogP contribution in [0.2, 0.25) is 0 Å². The number of fused-ring (bicyclic) bond motifs is 2. The minimum atomic E-state index is -0.778. The highest BCUT2D eigenvalue weighted by atomic mass is 19.1. The molecule has 1 aromatic carbocycles. The molecule has 5 rings (SSSR count). The standard InChI is InChI=1S/C22H19FN4O5/c23-15-9-17(28)18(29)10-16(15)27-8-4-19(26-27)25-20(30)12-1-5-22(6-2-12)14-11-24-7-3-13(14)21(31)32-22/h3-4,7-12,28-29H,1-2,5-6H2,(H,25,26,30)/t12-,22+. The Morgan fingerprint density at radius 2 is 1.97 bits per heavy atom. The van der Waals surface area contributed by atoms with Crippen LogP contribution in [0.4, 0.5) is 10.2 Å². The Balaban J connectivity index is 1.26. The highest BCUT2D eigenvalue weighted by Crippen LogP contribution is 2.47. The van der Waals surface area contributed by atoms with E-state index in [0.29, 0.717) is 31.2 Å². The summed E-state index contributed by atoms with van der Waals surface area (Å²) in [6.45, 7) is 0. The van der Waals surface area contributed by atoms with E-state index in [1.165, 1.54) is 12.3 Å². The molecule has 0 bridgehead atoms. The van der Waals surface area contributed by atoms with E-state index >= 15 is 0 Å². The molecule has 1 aliphatic carbocycles. The summed E-state index contributed by atoms with van der Waals surface area (Å²) in [6.07, 6.45) is 6.73. The molecule has 3 N–H and O–H groups in total. The predicted molar refractivity (Wildman–Crippen MR) is 109 cm³/mol. The molecule has 1 fully saturated rings. The zero-order valence-corrected chi connectivity index (χ0v) is 16.8. The van der Waals surface area contributed by atoms with Gasteiger partial charge in [-0.25, -0.2) is 13.9 Å². The lowest BCUT2D eigenvalue weighted by atomic mass is 9.75. The molecular weight excluding hydrogens is 419 g/mol. The lowest BCUT2D eigenvalue weighted by Crippen LogP contribution is -2.36. The van der Waals surface area contributed by atoms with Gasteiger partial charge in [0.15, 0.2) is 23.1 Å². The van der Waals surface area contributed by atoms with Gasteiger partial charge in [0.05, 0.1) is 5.56 Å². The average Bonchev–Trinajstić information content (AvgIpc) is 3.34. The van der Waals surface area contributed by atoms with Gasteiger partial charge in [0.1, 0.15) is 11.3 Å². The Hall–Kier alpha value is -3.95. The molecule has 1 saturated carbocycles. The van der Waals surface area contributed by atoms with Gasteiger partial charge in [-0.2, -0.15) is 0 Å². The van der Waals surface area contributed by atoms with Gasteiger partial charge >= 0.3 is 5.97 Å². The van der Waals surface area contributed by atoms with Gasteiger partial charge in [-0.1, -0.05) is 0 Å². The molecule has 164 valence electrons.